The van der Waals surface area contributed by atoms with E-state index in [4.69, 9.17) is 0 Å². The van der Waals surface area contributed by atoms with Crippen LogP contribution in [0.5, 0.6) is 0 Å². The number of benzene rings is 8. The van der Waals surface area contributed by atoms with Crippen molar-refractivity contribution in [2.45, 2.75) is 38.5 Å². The summed E-state index contributed by atoms with van der Waals surface area (Å²) in [5, 5.41) is 2.53. The monoisotopic (exact) mass is 679 g/mol. The first-order chi connectivity index (χ1) is 25.8. The van der Waals surface area contributed by atoms with Crippen molar-refractivity contribution in [2.24, 2.45) is 0 Å². The van der Waals surface area contributed by atoms with Crippen LogP contribution in [0.3, 0.4) is 0 Å². The third kappa shape index (κ3) is 4.70. The smallest absolute Gasteiger partial charge is 0.0543 e. The van der Waals surface area contributed by atoms with E-state index in [1.165, 1.54) is 88.9 Å². The number of anilines is 3. The summed E-state index contributed by atoms with van der Waals surface area (Å²) in [6.07, 6.45) is 0. The highest BCUT2D eigenvalue weighted by molar-refractivity contribution is 6.05. The van der Waals surface area contributed by atoms with Gasteiger partial charge in [0, 0.05) is 27.8 Å². The minimum absolute atomic E-state index is 0.0913. The van der Waals surface area contributed by atoms with Crippen molar-refractivity contribution >= 4 is 27.8 Å². The molecule has 2 aliphatic carbocycles. The van der Waals surface area contributed by atoms with E-state index in [9.17, 15) is 0 Å². The van der Waals surface area contributed by atoms with Crippen LogP contribution in [0.4, 0.5) is 17.1 Å². The highest BCUT2D eigenvalue weighted by Crippen LogP contribution is 2.55. The molecule has 0 heterocycles. The molecule has 0 unspecified atom stereocenters. The minimum atomic E-state index is -0.0995. The third-order valence-electron chi connectivity index (χ3n) is 12.1. The molecule has 0 amide bonds. The average molecular weight is 680 g/mol. The average Bonchev–Trinajstić information content (AvgIpc) is 3.58. The van der Waals surface area contributed by atoms with Crippen LogP contribution in [-0.4, -0.2) is 0 Å². The van der Waals surface area contributed by atoms with Gasteiger partial charge in [-0.15, -0.1) is 0 Å². The molecular weight excluding hydrogens is 639 g/mol. The van der Waals surface area contributed by atoms with E-state index in [0.717, 1.165) is 5.69 Å². The van der Waals surface area contributed by atoms with Crippen molar-refractivity contribution in [2.75, 3.05) is 4.90 Å². The van der Waals surface area contributed by atoms with Crippen molar-refractivity contribution in [3.05, 3.63) is 198 Å². The molecule has 0 aliphatic heterocycles. The van der Waals surface area contributed by atoms with Crippen molar-refractivity contribution in [1.82, 2.24) is 0 Å². The SMILES string of the molecule is CC1(C)c2ccccc2-c2ccc(N(c3ccc(-c4ccc(-c5ccccc5)c5ccccc45)cc3)c3cccc4c3-c3ccccc3C4(C)C)cc21. The molecule has 8 aromatic carbocycles. The Hall–Kier alpha value is -6.18. The maximum atomic E-state index is 2.50. The largest absolute Gasteiger partial charge is 0.310 e. The molecule has 0 saturated carbocycles. The molecule has 1 nitrogen and oxygen atoms in total. The van der Waals surface area contributed by atoms with Gasteiger partial charge in [-0.3, -0.25) is 0 Å². The molecule has 0 fully saturated rings. The van der Waals surface area contributed by atoms with Gasteiger partial charge < -0.3 is 4.90 Å². The molecule has 0 spiro atoms. The first kappa shape index (κ1) is 31.5. The van der Waals surface area contributed by atoms with Crippen LogP contribution in [0.1, 0.15) is 49.9 Å². The summed E-state index contributed by atoms with van der Waals surface area (Å²) in [5.74, 6) is 0. The van der Waals surface area contributed by atoms with Crippen LogP contribution in [0.25, 0.3) is 55.3 Å². The molecule has 0 atom stereocenters. The first-order valence-electron chi connectivity index (χ1n) is 18.8. The van der Waals surface area contributed by atoms with E-state index in [2.05, 4.69) is 209 Å². The van der Waals surface area contributed by atoms with Gasteiger partial charge in [0.1, 0.15) is 0 Å². The lowest BCUT2D eigenvalue weighted by atomic mass is 9.82. The summed E-state index contributed by atoms with van der Waals surface area (Å²) in [7, 11) is 0. The zero-order valence-corrected chi connectivity index (χ0v) is 30.7. The quantitative estimate of drug-likeness (QED) is 0.175. The zero-order valence-electron chi connectivity index (χ0n) is 30.7. The van der Waals surface area contributed by atoms with Gasteiger partial charge in [-0.05, 0) is 102 Å². The van der Waals surface area contributed by atoms with Crippen molar-refractivity contribution < 1.29 is 0 Å². The Morgan fingerprint density at radius 3 is 1.53 bits per heavy atom. The van der Waals surface area contributed by atoms with E-state index < -0.39 is 0 Å². The van der Waals surface area contributed by atoms with Crippen LogP contribution < -0.4 is 4.90 Å². The molecule has 2 aliphatic rings. The van der Waals surface area contributed by atoms with E-state index in [1.807, 2.05) is 0 Å². The lowest BCUT2D eigenvalue weighted by Crippen LogP contribution is -2.17. The molecule has 1 heteroatoms. The maximum absolute atomic E-state index is 2.50. The van der Waals surface area contributed by atoms with Crippen LogP contribution in [0, 0.1) is 0 Å². The Labute approximate surface area is 312 Å². The molecule has 0 N–H and O–H groups in total. The Morgan fingerprint density at radius 1 is 0.340 bits per heavy atom. The number of hydrogen-bond acceptors (Lipinski definition) is 1. The molecule has 0 saturated heterocycles. The predicted octanol–water partition coefficient (Wildman–Crippen LogP) is 14.3. The lowest BCUT2D eigenvalue weighted by molar-refractivity contribution is 0.660. The molecule has 0 aromatic heterocycles. The molecule has 0 radical (unpaired) electrons. The summed E-state index contributed by atoms with van der Waals surface area (Å²) in [5.41, 5.74) is 19.1. The number of nitrogens with zero attached hydrogens (tertiary/aromatic N) is 1. The van der Waals surface area contributed by atoms with Gasteiger partial charge in [-0.1, -0.05) is 173 Å². The molecule has 0 bridgehead atoms. The number of hydrogen-bond donors (Lipinski definition) is 0. The van der Waals surface area contributed by atoms with E-state index in [0.29, 0.717) is 0 Å². The molecule has 254 valence electrons. The van der Waals surface area contributed by atoms with Crippen LogP contribution in [0.15, 0.2) is 176 Å². The second-order valence-electron chi connectivity index (χ2n) is 15.7. The van der Waals surface area contributed by atoms with Gasteiger partial charge in [-0.2, -0.15) is 0 Å². The fourth-order valence-corrected chi connectivity index (χ4v) is 9.39. The van der Waals surface area contributed by atoms with E-state index >= 15 is 0 Å². The Balaban J connectivity index is 1.15. The van der Waals surface area contributed by atoms with Gasteiger partial charge in [0.05, 0.1) is 5.69 Å². The van der Waals surface area contributed by atoms with Gasteiger partial charge in [0.2, 0.25) is 0 Å². The Morgan fingerprint density at radius 2 is 0.830 bits per heavy atom. The number of rotatable bonds is 5. The van der Waals surface area contributed by atoms with Crippen LogP contribution >= 0.6 is 0 Å². The Bertz CT molecular complexity index is 2710. The lowest BCUT2D eigenvalue weighted by Gasteiger charge is -2.30. The fourth-order valence-electron chi connectivity index (χ4n) is 9.39. The molecule has 8 aromatic rings. The normalized spacial score (nSPS) is 14.3. The van der Waals surface area contributed by atoms with Crippen molar-refractivity contribution in [3.63, 3.8) is 0 Å². The van der Waals surface area contributed by atoms with Gasteiger partial charge >= 0.3 is 0 Å². The highest BCUT2D eigenvalue weighted by atomic mass is 15.1. The van der Waals surface area contributed by atoms with Gasteiger partial charge in [0.15, 0.2) is 0 Å². The first-order valence-corrected chi connectivity index (χ1v) is 18.8. The summed E-state index contributed by atoms with van der Waals surface area (Å²) in [4.78, 5) is 2.50. The molecular formula is C52H41N. The second kappa shape index (κ2) is 11.7. The van der Waals surface area contributed by atoms with Crippen molar-refractivity contribution in [3.8, 4) is 44.5 Å². The molecule has 53 heavy (non-hydrogen) atoms. The topological polar surface area (TPSA) is 3.24 Å². The highest BCUT2D eigenvalue weighted by Gasteiger charge is 2.39. The summed E-state index contributed by atoms with van der Waals surface area (Å²) >= 11 is 0. The van der Waals surface area contributed by atoms with Crippen LogP contribution in [0.2, 0.25) is 0 Å². The van der Waals surface area contributed by atoms with E-state index in [-0.39, 0.29) is 10.8 Å². The predicted molar refractivity (Wildman–Crippen MR) is 225 cm³/mol. The summed E-state index contributed by atoms with van der Waals surface area (Å²) in [6.45, 7) is 9.46. The fraction of sp³-hybridized carbons (Fsp3) is 0.115. The Kier molecular flexibility index (Phi) is 6.94. The van der Waals surface area contributed by atoms with Crippen molar-refractivity contribution in [1.29, 1.82) is 0 Å². The van der Waals surface area contributed by atoms with Gasteiger partial charge in [0.25, 0.3) is 0 Å². The summed E-state index contributed by atoms with van der Waals surface area (Å²) in [6, 6.07) is 65.2. The standard InChI is InChI=1S/C52H41N/c1-51(2)46-22-13-11-20-44(46)50-47(51)23-14-24-49(50)53(37-29-30-43-42-19-10-12-21-45(42)52(3,4)48(43)33-37)36-27-25-35(26-28-36)39-32-31-38(34-15-6-5-7-16-34)40-17-8-9-18-41(39)40/h5-33H,1-4H3. The summed E-state index contributed by atoms with van der Waals surface area (Å²) < 4.78 is 0. The van der Waals surface area contributed by atoms with Crippen LogP contribution in [-0.2, 0) is 10.8 Å². The third-order valence-corrected chi connectivity index (χ3v) is 12.1. The number of fused-ring (bicyclic) bond motifs is 7. The molecule has 10 rings (SSSR count). The second-order valence-corrected chi connectivity index (χ2v) is 15.7. The van der Waals surface area contributed by atoms with Gasteiger partial charge in [-0.25, -0.2) is 0 Å². The maximum Gasteiger partial charge on any atom is 0.0543 e. The zero-order chi connectivity index (χ0) is 35.9. The van der Waals surface area contributed by atoms with E-state index in [1.54, 1.807) is 0 Å². The minimum Gasteiger partial charge on any atom is -0.310 e.